The molecule has 0 aromatic heterocycles. The fourth-order valence-corrected chi connectivity index (χ4v) is 18.4. The number of carboxylic acids is 1. The molecule has 0 unspecified atom stereocenters. The molecule has 0 aromatic rings. The smallest absolute Gasteiger partial charge is 0.364 e. The molecule has 0 spiro atoms. The molecule has 11 saturated heterocycles. The van der Waals surface area contributed by atoms with Crippen molar-refractivity contribution in [3.63, 3.8) is 0 Å². The van der Waals surface area contributed by atoms with Gasteiger partial charge in [0, 0.05) is 41.0 Å². The molecule has 37 N–H and O–H groups in total. The third-order valence-corrected chi connectivity index (χ3v) is 26.0. The molecule has 56 atom stereocenters. The largest absolute Gasteiger partial charge is 0.477 e. The number of carboxylic acid groups (broad SMARTS) is 1. The third-order valence-electron chi connectivity index (χ3n) is 26.0. The Kier molecular flexibility index (Phi) is 42.3. The van der Waals surface area contributed by atoms with Gasteiger partial charge in [0.25, 0.3) is 5.79 Å². The van der Waals surface area contributed by atoms with E-state index in [1.807, 2.05) is 0 Å². The normalized spacial score (nSPS) is 47.8. The summed E-state index contributed by atoms with van der Waals surface area (Å²) < 4.78 is 125. The molecule has 0 aliphatic carbocycles. The van der Waals surface area contributed by atoms with Crippen molar-refractivity contribution >= 4 is 35.5 Å². The van der Waals surface area contributed by atoms with Crippen molar-refractivity contribution in [3.05, 3.63) is 0 Å². The van der Waals surface area contributed by atoms with Crippen LogP contribution in [0, 0.1) is 0 Å². The number of hydrogen-bond donors (Lipinski definition) is 37. The highest BCUT2D eigenvalue weighted by Crippen LogP contribution is 2.43. The molecule has 0 saturated carbocycles. The van der Waals surface area contributed by atoms with E-state index in [-0.39, 0.29) is 0 Å². The quantitative estimate of drug-likeness (QED) is 0.0272. The monoisotopic (exact) mass is 2090 g/mol. The first kappa shape index (κ1) is 118. The minimum atomic E-state index is -3.16. The first-order chi connectivity index (χ1) is 67.5. The van der Waals surface area contributed by atoms with Crippen molar-refractivity contribution < 1.29 is 292 Å². The minimum absolute atomic E-state index is 0.812. The number of hydrogen-bond acceptors (Lipinski definition) is 58. The van der Waals surface area contributed by atoms with Gasteiger partial charge < -0.3 is 289 Å². The molecule has 0 radical (unpaired) electrons. The molecule has 11 aliphatic heterocycles. The van der Waals surface area contributed by atoms with Crippen LogP contribution in [0.2, 0.25) is 0 Å². The summed E-state index contributed by atoms with van der Waals surface area (Å²) >= 11 is 0. The van der Waals surface area contributed by atoms with E-state index in [1.54, 1.807) is 0 Å². The Morgan fingerprint density at radius 1 is 0.287 bits per heavy atom. The Morgan fingerprint density at radius 3 is 0.965 bits per heavy atom. The van der Waals surface area contributed by atoms with Crippen LogP contribution in [0.15, 0.2) is 0 Å². The number of nitrogens with one attached hydrogen (secondary N) is 5. The predicted octanol–water partition coefficient (Wildman–Crippen LogP) is -25.1. The van der Waals surface area contributed by atoms with E-state index in [2.05, 4.69) is 26.6 Å². The Bertz CT molecular complexity index is 4030. The zero-order chi connectivity index (χ0) is 106. The number of ether oxygens (including phenoxy) is 21. The highest BCUT2D eigenvalue weighted by molar-refractivity contribution is 5.77. The summed E-state index contributed by atoms with van der Waals surface area (Å²) in [5.74, 6) is -10.2. The fourth-order valence-electron chi connectivity index (χ4n) is 18.4. The standard InChI is InChI=1S/C79H131N5O59/c1-18(94)80-35-23(99)6-79(78(121)122,143-65(35)40(101)24(100)7-85)124-17-34-43(104)51(112)55(116)74(134-34)137-60-29(12-90)130-71(39(48(60)109)84-22(5)98)142-67-57(118)64(136-70-38(83-21(4)97)46(107)61(28(11-89)129-70)138-75-56(117)52(113)63(31(14-92)131-75)140-73-54(115)50(111)42(103)26(9-87)127-73)32(15-93)132-77(67)141-66-44(105)33(16-123-72-53(114)49(110)41(102)25(8-86)126-72)133-76(58(66)119)139-62-30(13-91)128-69(37(47(62)108)82-20(3)96)135-59-27(10-88)125-68(120)36(45(59)106)81-19(2)95/h23-77,85-93,99-120H,6-17H2,1-5H3,(H,80,94)(H,81,95)(H,82,96)(H,83,97)(H,84,98)(H,121,122)/t23-,24+,25+,26+,27+,28+,29+,30+,31+,32+,33+,34+,35+,36+,37+,38+,39+,40+,41+,42-,43-,44+,45+,46+,47+,48+,49-,50-,51-,52+,53-,54+,55+,56+,57-,58-,59+,60+,61+,62+,63-,64+,65+,66-,67-,68+,69-,70-,71-,72-,73+,74-,75-,76-,77+,79+/m0/s1. The first-order valence-electron chi connectivity index (χ1n) is 45.3. The number of rotatable bonds is 39. The van der Waals surface area contributed by atoms with Gasteiger partial charge >= 0.3 is 5.97 Å². The van der Waals surface area contributed by atoms with E-state index >= 15 is 0 Å². The lowest BCUT2D eigenvalue weighted by atomic mass is 9.88. The zero-order valence-corrected chi connectivity index (χ0v) is 76.6. The van der Waals surface area contributed by atoms with Crippen LogP contribution in [0.3, 0.4) is 0 Å². The molecular formula is C79H131N5O59. The summed E-state index contributed by atoms with van der Waals surface area (Å²) in [6.07, 6.45) is -112. The van der Waals surface area contributed by atoms with Gasteiger partial charge in [-0.2, -0.15) is 0 Å². The Hall–Kier alpha value is -5.26. The molecule has 0 bridgehead atoms. The molecule has 64 nitrogen and oxygen atoms in total. The molecule has 64 heteroatoms. The van der Waals surface area contributed by atoms with E-state index in [1.165, 1.54) is 0 Å². The lowest BCUT2D eigenvalue weighted by molar-refractivity contribution is -0.406. The van der Waals surface area contributed by atoms with Gasteiger partial charge in [0.15, 0.2) is 62.9 Å². The average Bonchev–Trinajstić information content (AvgIpc) is 0.756. The van der Waals surface area contributed by atoms with Crippen molar-refractivity contribution in [1.82, 2.24) is 26.6 Å². The molecule has 826 valence electrons. The molecule has 11 rings (SSSR count). The maximum Gasteiger partial charge on any atom is 0.364 e. The minimum Gasteiger partial charge on any atom is -0.477 e. The van der Waals surface area contributed by atoms with Gasteiger partial charge in [0.05, 0.1) is 84.8 Å². The maximum absolute atomic E-state index is 13.6. The highest BCUT2D eigenvalue weighted by Gasteiger charge is 2.64. The van der Waals surface area contributed by atoms with Gasteiger partial charge in [0.2, 0.25) is 29.5 Å². The van der Waals surface area contributed by atoms with Gasteiger partial charge in [-0.25, -0.2) is 4.79 Å². The Morgan fingerprint density at radius 2 is 0.573 bits per heavy atom. The van der Waals surface area contributed by atoms with Gasteiger partial charge in [-0.1, -0.05) is 0 Å². The predicted molar refractivity (Wildman–Crippen MR) is 438 cm³/mol. The van der Waals surface area contributed by atoms with E-state index < -0.39 is 458 Å². The topological polar surface area (TPSA) is 1000 Å². The summed E-state index contributed by atoms with van der Waals surface area (Å²) in [7, 11) is 0. The van der Waals surface area contributed by atoms with Crippen LogP contribution >= 0.6 is 0 Å². The van der Waals surface area contributed by atoms with E-state index in [4.69, 9.17) is 99.5 Å². The first-order valence-corrected chi connectivity index (χ1v) is 45.3. The molecule has 11 aliphatic rings. The lowest BCUT2D eigenvalue weighted by Crippen LogP contribution is -2.71. The fraction of sp³-hybridized carbons (Fsp3) is 0.924. The van der Waals surface area contributed by atoms with Crippen molar-refractivity contribution in [3.8, 4) is 0 Å². The second kappa shape index (κ2) is 51.2. The van der Waals surface area contributed by atoms with Crippen molar-refractivity contribution in [2.24, 2.45) is 0 Å². The molecule has 0 aromatic carbocycles. The van der Waals surface area contributed by atoms with Crippen LogP contribution < -0.4 is 26.6 Å². The summed E-state index contributed by atoms with van der Waals surface area (Å²) in [4.78, 5) is 77.8. The summed E-state index contributed by atoms with van der Waals surface area (Å²) in [5, 5.41) is 371. The van der Waals surface area contributed by atoms with Crippen LogP contribution in [0.5, 0.6) is 0 Å². The van der Waals surface area contributed by atoms with Crippen molar-refractivity contribution in [2.75, 3.05) is 72.7 Å². The Labute approximate surface area is 808 Å². The number of amides is 5. The summed E-state index contributed by atoms with van der Waals surface area (Å²) in [6, 6.07) is -9.84. The molecule has 5 amide bonds. The Balaban J connectivity index is 0.941. The average molecular weight is 2090 g/mol. The van der Waals surface area contributed by atoms with Crippen LogP contribution in [0.4, 0.5) is 0 Å². The van der Waals surface area contributed by atoms with E-state index in [0.29, 0.717) is 0 Å². The van der Waals surface area contributed by atoms with Gasteiger partial charge in [-0.3, -0.25) is 24.0 Å². The number of carbonyl (C=O) groups is 6. The van der Waals surface area contributed by atoms with Crippen LogP contribution in [-0.2, 0) is 128 Å². The van der Waals surface area contributed by atoms with E-state index in [0.717, 1.165) is 34.6 Å². The van der Waals surface area contributed by atoms with Gasteiger partial charge in [0.1, 0.15) is 262 Å². The molecule has 11 heterocycles. The lowest BCUT2D eigenvalue weighted by Gasteiger charge is -2.52. The van der Waals surface area contributed by atoms with Crippen molar-refractivity contribution in [1.29, 1.82) is 0 Å². The number of aliphatic carboxylic acids is 1. The number of carbonyl (C=O) groups excluding carboxylic acids is 5. The van der Waals surface area contributed by atoms with Crippen LogP contribution in [0.1, 0.15) is 41.0 Å². The zero-order valence-electron chi connectivity index (χ0n) is 76.6. The number of aliphatic hydroxyl groups is 31. The SMILES string of the molecule is CC(=O)N[C@@H]1[C@@H](O)[C@H](O[C@@H]2O[C@H](CO)[C@@H](O[C@@H]3O[C@H](CO[C@H]4O[C@H](CO)[C@@H](O)[C@H](O)[C@@H]4O)[C@@H](O)[C@H](O[C@H]4O[C@H](CO)[C@@H](O[C@@H]5O[C@H](CO)[C@@H](O[C@@H]6O[C@H](CO)[C@H](O[C@H]7O[C@H](CO)[C@H](O)[C@H](O)[C@H]7O)[C@H](O)[C@H]6O)[C@H](O)[C@H]5NC(C)=O)[C@H](O)[C@@H]4O[C@@H]4O[C@H](CO)[C@@H](O[C@@H]5O[C@H](CO[C@]6(C(=O)O)C[C@H](O)[C@@H](NC(C)=O)[C@H]([C@H](O)[C@H](O)CO)O6)[C@H](O)[C@H](O)[C@H]5O)[C@H](O)[C@H]4NC(C)=O)[C@@H]3O)[C@H](O)[C@H]2NC(C)=O)[C@@H](CO)O[C@H]1O. The maximum atomic E-state index is 13.6. The summed E-state index contributed by atoms with van der Waals surface area (Å²) in [5.41, 5.74) is 0. The van der Waals surface area contributed by atoms with Gasteiger partial charge in [-0.15, -0.1) is 0 Å². The second-order valence-electron chi connectivity index (χ2n) is 36.0. The van der Waals surface area contributed by atoms with Crippen LogP contribution in [-0.4, -0.2) is 615 Å². The third kappa shape index (κ3) is 26.2. The second-order valence-corrected chi connectivity index (χ2v) is 36.0. The van der Waals surface area contributed by atoms with Crippen LogP contribution in [0.25, 0.3) is 0 Å². The molecule has 11 fully saturated rings. The molecule has 143 heavy (non-hydrogen) atoms. The van der Waals surface area contributed by atoms with Crippen molar-refractivity contribution in [2.45, 2.75) is 384 Å². The molecular weight excluding hydrogens is 1960 g/mol. The van der Waals surface area contributed by atoms with Gasteiger partial charge in [-0.05, 0) is 0 Å². The highest BCUT2D eigenvalue weighted by atomic mass is 16.8. The summed E-state index contributed by atoms with van der Waals surface area (Å²) in [6.45, 7) is -8.79. The number of aliphatic hydroxyl groups excluding tert-OH is 31. The van der Waals surface area contributed by atoms with E-state index in [9.17, 15) is 192 Å².